The Bertz CT molecular complexity index is 419. The summed E-state index contributed by atoms with van der Waals surface area (Å²) in [5, 5.41) is 10.3. The molecule has 0 fully saturated rings. The van der Waals surface area contributed by atoms with Gasteiger partial charge in [-0.15, -0.1) is 0 Å². The second kappa shape index (κ2) is 4.99. The standard InChI is InChI=1S/C12H15NO.CH4/c1-9(8-14)6-10-7-13-12-5-3-2-4-11(10)12;/h2-5,7,9,13-14H,6,8H2,1H3;1H4/t9-;/m1./s1. The fourth-order valence-corrected chi connectivity index (χ4v) is 1.74. The first-order valence-electron chi connectivity index (χ1n) is 4.97. The van der Waals surface area contributed by atoms with Gasteiger partial charge in [0.2, 0.25) is 0 Å². The average Bonchev–Trinajstić information content (AvgIpc) is 2.62. The van der Waals surface area contributed by atoms with E-state index < -0.39 is 0 Å². The molecule has 1 heterocycles. The number of aromatic amines is 1. The third-order valence-corrected chi connectivity index (χ3v) is 2.55. The van der Waals surface area contributed by atoms with Gasteiger partial charge in [0.25, 0.3) is 0 Å². The number of benzene rings is 1. The Kier molecular flexibility index (Phi) is 3.92. The number of rotatable bonds is 3. The van der Waals surface area contributed by atoms with Crippen LogP contribution in [0.1, 0.15) is 19.9 Å². The van der Waals surface area contributed by atoms with Gasteiger partial charge in [0.15, 0.2) is 0 Å². The topological polar surface area (TPSA) is 36.0 Å². The molecule has 0 bridgehead atoms. The molecule has 2 heteroatoms. The van der Waals surface area contributed by atoms with Crippen LogP contribution < -0.4 is 0 Å². The summed E-state index contributed by atoms with van der Waals surface area (Å²) in [6.07, 6.45) is 2.97. The molecular formula is C13H19NO. The Hall–Kier alpha value is -1.28. The van der Waals surface area contributed by atoms with Crippen molar-refractivity contribution in [1.82, 2.24) is 4.98 Å². The number of fused-ring (bicyclic) bond motifs is 1. The van der Waals surface area contributed by atoms with Crippen LogP contribution in [0.2, 0.25) is 0 Å². The van der Waals surface area contributed by atoms with E-state index in [1.54, 1.807) is 0 Å². The smallest absolute Gasteiger partial charge is 0.0459 e. The van der Waals surface area contributed by atoms with Crippen LogP contribution in [0.3, 0.4) is 0 Å². The van der Waals surface area contributed by atoms with Gasteiger partial charge in [-0.25, -0.2) is 0 Å². The molecule has 0 amide bonds. The highest BCUT2D eigenvalue weighted by molar-refractivity contribution is 5.83. The summed E-state index contributed by atoms with van der Waals surface area (Å²) in [6.45, 7) is 2.31. The summed E-state index contributed by atoms with van der Waals surface area (Å²) in [5.74, 6) is 0.328. The van der Waals surface area contributed by atoms with E-state index in [2.05, 4.69) is 24.0 Å². The fourth-order valence-electron chi connectivity index (χ4n) is 1.74. The maximum atomic E-state index is 9.00. The number of hydrogen-bond donors (Lipinski definition) is 2. The Morgan fingerprint density at radius 3 is 2.80 bits per heavy atom. The highest BCUT2D eigenvalue weighted by Gasteiger charge is 2.06. The van der Waals surface area contributed by atoms with Crippen LogP contribution in [-0.4, -0.2) is 16.7 Å². The number of H-pyrrole nitrogens is 1. The van der Waals surface area contributed by atoms with Gasteiger partial charge in [0.1, 0.15) is 0 Å². The highest BCUT2D eigenvalue weighted by atomic mass is 16.3. The molecule has 1 atom stereocenters. The molecule has 2 N–H and O–H groups in total. The number of aromatic nitrogens is 1. The van der Waals surface area contributed by atoms with Crippen LogP contribution in [0.5, 0.6) is 0 Å². The lowest BCUT2D eigenvalue weighted by Crippen LogP contribution is -2.03. The van der Waals surface area contributed by atoms with Gasteiger partial charge in [-0.1, -0.05) is 32.5 Å². The maximum Gasteiger partial charge on any atom is 0.0459 e. The Labute approximate surface area is 90.9 Å². The normalized spacial score (nSPS) is 12.4. The summed E-state index contributed by atoms with van der Waals surface area (Å²) in [7, 11) is 0. The minimum atomic E-state index is 0. The lowest BCUT2D eigenvalue weighted by molar-refractivity contribution is 0.237. The highest BCUT2D eigenvalue weighted by Crippen LogP contribution is 2.20. The van der Waals surface area contributed by atoms with E-state index in [1.807, 2.05) is 18.3 Å². The van der Waals surface area contributed by atoms with Crippen molar-refractivity contribution in [3.63, 3.8) is 0 Å². The van der Waals surface area contributed by atoms with Crippen LogP contribution in [-0.2, 0) is 6.42 Å². The van der Waals surface area contributed by atoms with Crippen molar-refractivity contribution < 1.29 is 5.11 Å². The van der Waals surface area contributed by atoms with Crippen LogP contribution >= 0.6 is 0 Å². The summed E-state index contributed by atoms with van der Waals surface area (Å²) >= 11 is 0. The first-order chi connectivity index (χ1) is 6.81. The second-order valence-electron chi connectivity index (χ2n) is 3.85. The molecule has 0 aliphatic carbocycles. The van der Waals surface area contributed by atoms with E-state index in [-0.39, 0.29) is 14.0 Å². The number of aliphatic hydroxyl groups is 1. The summed E-state index contributed by atoms with van der Waals surface area (Å²) in [4.78, 5) is 3.24. The molecule has 0 spiro atoms. The van der Waals surface area contributed by atoms with Crippen LogP contribution in [0.15, 0.2) is 30.5 Å². The van der Waals surface area contributed by atoms with Crippen molar-refractivity contribution in [2.75, 3.05) is 6.61 Å². The summed E-state index contributed by atoms with van der Waals surface area (Å²) in [6, 6.07) is 8.26. The Balaban J connectivity index is 0.00000112. The first-order valence-corrected chi connectivity index (χ1v) is 4.97. The predicted molar refractivity (Wildman–Crippen MR) is 65.0 cm³/mol. The lowest BCUT2D eigenvalue weighted by atomic mass is 10.0. The molecule has 0 aliphatic heterocycles. The van der Waals surface area contributed by atoms with Gasteiger partial charge in [0, 0.05) is 23.7 Å². The molecule has 0 aliphatic rings. The predicted octanol–water partition coefficient (Wildman–Crippen LogP) is 2.97. The van der Waals surface area contributed by atoms with Gasteiger partial charge in [-0.05, 0) is 24.0 Å². The van der Waals surface area contributed by atoms with E-state index >= 15 is 0 Å². The molecule has 15 heavy (non-hydrogen) atoms. The van der Waals surface area contributed by atoms with E-state index in [4.69, 9.17) is 5.11 Å². The minimum Gasteiger partial charge on any atom is -0.396 e. The van der Waals surface area contributed by atoms with Crippen LogP contribution in [0, 0.1) is 5.92 Å². The van der Waals surface area contributed by atoms with Crippen molar-refractivity contribution in [1.29, 1.82) is 0 Å². The third-order valence-electron chi connectivity index (χ3n) is 2.55. The molecule has 82 valence electrons. The largest absolute Gasteiger partial charge is 0.396 e. The minimum absolute atomic E-state index is 0. The molecule has 0 radical (unpaired) electrons. The van der Waals surface area contributed by atoms with E-state index in [0.29, 0.717) is 5.92 Å². The molecule has 0 saturated carbocycles. The number of hydrogen-bond acceptors (Lipinski definition) is 1. The van der Waals surface area contributed by atoms with Gasteiger partial charge in [-0.2, -0.15) is 0 Å². The van der Waals surface area contributed by atoms with Gasteiger partial charge < -0.3 is 10.1 Å². The maximum absolute atomic E-state index is 9.00. The SMILES string of the molecule is C.C[C@@H](CO)Cc1c[nH]c2ccccc12. The van der Waals surface area contributed by atoms with Crippen molar-refractivity contribution >= 4 is 10.9 Å². The van der Waals surface area contributed by atoms with E-state index in [9.17, 15) is 0 Å². The van der Waals surface area contributed by atoms with Crippen molar-refractivity contribution in [2.24, 2.45) is 5.92 Å². The zero-order valence-corrected chi connectivity index (χ0v) is 8.33. The third kappa shape index (κ3) is 2.39. The number of aliphatic hydroxyl groups excluding tert-OH is 1. The summed E-state index contributed by atoms with van der Waals surface area (Å²) < 4.78 is 0. The molecule has 0 unspecified atom stereocenters. The summed E-state index contributed by atoms with van der Waals surface area (Å²) in [5.41, 5.74) is 2.47. The molecule has 2 aromatic rings. The lowest BCUT2D eigenvalue weighted by Gasteiger charge is -2.05. The zero-order chi connectivity index (χ0) is 9.97. The van der Waals surface area contributed by atoms with Crippen molar-refractivity contribution in [2.45, 2.75) is 20.8 Å². The first kappa shape index (κ1) is 11.8. The van der Waals surface area contributed by atoms with Gasteiger partial charge >= 0.3 is 0 Å². The zero-order valence-electron chi connectivity index (χ0n) is 8.33. The molecule has 2 rings (SSSR count). The van der Waals surface area contributed by atoms with E-state index in [0.717, 1.165) is 6.42 Å². The number of nitrogens with one attached hydrogen (secondary N) is 1. The quantitative estimate of drug-likeness (QED) is 0.794. The Morgan fingerprint density at radius 1 is 1.33 bits per heavy atom. The second-order valence-corrected chi connectivity index (χ2v) is 3.85. The molecule has 1 aromatic heterocycles. The molecule has 2 nitrogen and oxygen atoms in total. The Morgan fingerprint density at radius 2 is 2.07 bits per heavy atom. The number of para-hydroxylation sites is 1. The molecule has 0 saturated heterocycles. The van der Waals surface area contributed by atoms with Gasteiger partial charge in [0.05, 0.1) is 0 Å². The molecule has 1 aromatic carbocycles. The van der Waals surface area contributed by atoms with Crippen molar-refractivity contribution in [3.05, 3.63) is 36.0 Å². The molecular weight excluding hydrogens is 186 g/mol. The van der Waals surface area contributed by atoms with Gasteiger partial charge in [-0.3, -0.25) is 0 Å². The van der Waals surface area contributed by atoms with Crippen LogP contribution in [0.4, 0.5) is 0 Å². The van der Waals surface area contributed by atoms with Crippen molar-refractivity contribution in [3.8, 4) is 0 Å². The fraction of sp³-hybridized carbons (Fsp3) is 0.385. The van der Waals surface area contributed by atoms with E-state index in [1.165, 1.54) is 16.5 Å². The van der Waals surface area contributed by atoms with Crippen LogP contribution in [0.25, 0.3) is 10.9 Å². The average molecular weight is 205 g/mol. The monoisotopic (exact) mass is 205 g/mol.